The van der Waals surface area contributed by atoms with Crippen LogP contribution in [-0.4, -0.2) is 97.5 Å². The van der Waals surface area contributed by atoms with E-state index in [2.05, 4.69) is 42.3 Å². The van der Waals surface area contributed by atoms with Gasteiger partial charge in [-0.15, -0.1) is 0 Å². The Balaban J connectivity index is 2.51. The second-order valence-corrected chi connectivity index (χ2v) is 14.9. The van der Waals surface area contributed by atoms with Crippen LogP contribution >= 0.6 is 0 Å². The Morgan fingerprint density at radius 3 is 1.73 bits per heavy atom. The molecule has 0 aromatic rings. The first-order valence-electron chi connectivity index (χ1n) is 20.1. The Morgan fingerprint density at radius 1 is 0.712 bits per heavy atom. The molecule has 1 aliphatic heterocycles. The first-order chi connectivity index (χ1) is 25.1. The van der Waals surface area contributed by atoms with Gasteiger partial charge < -0.3 is 34.3 Å². The molecule has 0 aromatic heterocycles. The summed E-state index contributed by atoms with van der Waals surface area (Å²) in [5.74, 6) is -0.413. The van der Waals surface area contributed by atoms with Gasteiger partial charge in [0.15, 0.2) is 6.29 Å². The van der Waals surface area contributed by atoms with Crippen LogP contribution in [0.3, 0.4) is 0 Å². The van der Waals surface area contributed by atoms with Crippen molar-refractivity contribution in [3.05, 3.63) is 24.3 Å². The average Bonchev–Trinajstić information content (AvgIpc) is 3.11. The van der Waals surface area contributed by atoms with Crippen LogP contribution in [-0.2, 0) is 38.3 Å². The number of carbonyl (C=O) groups is 1. The maximum atomic E-state index is 12.8. The number of esters is 1. The van der Waals surface area contributed by atoms with E-state index in [0.717, 1.165) is 64.2 Å². The van der Waals surface area contributed by atoms with Crippen molar-refractivity contribution in [3.8, 4) is 0 Å². The molecule has 306 valence electrons. The zero-order chi connectivity index (χ0) is 38.3. The molecule has 6 atom stereocenters. The molecule has 0 saturated carbocycles. The minimum atomic E-state index is -5.06. The van der Waals surface area contributed by atoms with Crippen LogP contribution in [0.2, 0.25) is 0 Å². The van der Waals surface area contributed by atoms with Gasteiger partial charge in [0.2, 0.25) is 0 Å². The lowest BCUT2D eigenvalue weighted by atomic mass is 9.99. The summed E-state index contributed by atoms with van der Waals surface area (Å²) in [5, 5.41) is 30.5. The lowest BCUT2D eigenvalue weighted by molar-refractivity contribution is -0.301. The van der Waals surface area contributed by atoms with Crippen molar-refractivity contribution < 1.29 is 56.2 Å². The standard InChI is InChI=1S/C39H72O12S/c1-3-5-7-9-11-13-15-17-19-21-23-25-27-29-47-31-33(49-35(41)28-26-24-22-20-18-16-14-12-10-8-6-4-2)32-48-39-37(43)38(51-52(44,45)46)36(42)34(30-40)50-39/h11-14,33-34,36-40,42-43H,3-10,15-32H2,1-2H3,(H,44,45,46)/b13-11-,14-12-. The minimum Gasteiger partial charge on any atom is -0.457 e. The number of rotatable bonds is 34. The highest BCUT2D eigenvalue weighted by Crippen LogP contribution is 2.26. The summed E-state index contributed by atoms with van der Waals surface area (Å²) in [4.78, 5) is 12.8. The van der Waals surface area contributed by atoms with E-state index in [1.807, 2.05) is 0 Å². The van der Waals surface area contributed by atoms with Crippen LogP contribution in [0.4, 0.5) is 0 Å². The summed E-state index contributed by atoms with van der Waals surface area (Å²) >= 11 is 0. The molecule has 0 aliphatic carbocycles. The fourth-order valence-corrected chi connectivity index (χ4v) is 6.46. The number of aliphatic hydroxyl groups excluding tert-OH is 3. The molecule has 0 aromatic carbocycles. The van der Waals surface area contributed by atoms with Crippen LogP contribution in [0.1, 0.15) is 155 Å². The summed E-state index contributed by atoms with van der Waals surface area (Å²) in [5.41, 5.74) is 0. The Labute approximate surface area is 314 Å². The molecule has 0 bridgehead atoms. The fourth-order valence-electron chi connectivity index (χ4n) is 5.95. The van der Waals surface area contributed by atoms with Crippen molar-refractivity contribution in [2.24, 2.45) is 0 Å². The summed E-state index contributed by atoms with van der Waals surface area (Å²) in [6, 6.07) is 0. The third-order valence-electron chi connectivity index (χ3n) is 9.05. The quantitative estimate of drug-likeness (QED) is 0.0223. The Morgan fingerprint density at radius 2 is 1.21 bits per heavy atom. The van der Waals surface area contributed by atoms with Crippen molar-refractivity contribution in [1.29, 1.82) is 0 Å². The molecule has 6 unspecified atom stereocenters. The molecular formula is C39H72O12S. The van der Waals surface area contributed by atoms with Gasteiger partial charge in [0.05, 0.1) is 19.8 Å². The molecule has 0 radical (unpaired) electrons. The number of carbonyl (C=O) groups excluding carboxylic acids is 1. The number of ether oxygens (including phenoxy) is 4. The summed E-state index contributed by atoms with van der Waals surface area (Å²) < 4.78 is 58.8. The van der Waals surface area contributed by atoms with Crippen LogP contribution in [0.25, 0.3) is 0 Å². The largest absolute Gasteiger partial charge is 0.457 e. The lowest BCUT2D eigenvalue weighted by Gasteiger charge is -2.41. The normalized spacial score (nSPS) is 21.7. The number of unbranched alkanes of at least 4 members (excludes halogenated alkanes) is 17. The highest BCUT2D eigenvalue weighted by atomic mass is 32.3. The van der Waals surface area contributed by atoms with Crippen LogP contribution < -0.4 is 0 Å². The second-order valence-electron chi connectivity index (χ2n) is 13.9. The number of allylic oxidation sites excluding steroid dienone is 4. The molecule has 12 nitrogen and oxygen atoms in total. The van der Waals surface area contributed by atoms with Crippen LogP contribution in [0.5, 0.6) is 0 Å². The number of aliphatic hydroxyl groups is 3. The van der Waals surface area contributed by atoms with E-state index < -0.39 is 59.8 Å². The predicted octanol–water partition coefficient (Wildman–Crippen LogP) is 7.29. The van der Waals surface area contributed by atoms with Gasteiger partial charge in [0.25, 0.3) is 0 Å². The molecule has 1 fully saturated rings. The highest BCUT2D eigenvalue weighted by molar-refractivity contribution is 7.80. The predicted molar refractivity (Wildman–Crippen MR) is 202 cm³/mol. The molecule has 1 rings (SSSR count). The summed E-state index contributed by atoms with van der Waals surface area (Å²) in [6.45, 7) is 3.90. The number of hydrogen-bond acceptors (Lipinski definition) is 11. The van der Waals surface area contributed by atoms with Gasteiger partial charge in [-0.1, -0.05) is 109 Å². The van der Waals surface area contributed by atoms with Crippen molar-refractivity contribution >= 4 is 16.4 Å². The molecular weight excluding hydrogens is 692 g/mol. The van der Waals surface area contributed by atoms with E-state index >= 15 is 0 Å². The fraction of sp³-hybridized carbons (Fsp3) is 0.872. The van der Waals surface area contributed by atoms with Gasteiger partial charge >= 0.3 is 16.4 Å². The van der Waals surface area contributed by atoms with Gasteiger partial charge in [-0.25, -0.2) is 4.18 Å². The van der Waals surface area contributed by atoms with Gasteiger partial charge in [0.1, 0.15) is 30.5 Å². The van der Waals surface area contributed by atoms with Gasteiger partial charge in [0, 0.05) is 13.0 Å². The van der Waals surface area contributed by atoms with E-state index in [0.29, 0.717) is 13.0 Å². The van der Waals surface area contributed by atoms with Gasteiger partial charge in [-0.05, 0) is 64.2 Å². The molecule has 0 spiro atoms. The third-order valence-corrected chi connectivity index (χ3v) is 9.51. The molecule has 1 heterocycles. The van der Waals surface area contributed by atoms with Crippen molar-refractivity contribution in [3.63, 3.8) is 0 Å². The monoisotopic (exact) mass is 764 g/mol. The Kier molecular flexibility index (Phi) is 29.8. The van der Waals surface area contributed by atoms with Gasteiger partial charge in [-0.3, -0.25) is 9.35 Å². The van der Waals surface area contributed by atoms with Crippen molar-refractivity contribution in [2.75, 3.05) is 26.4 Å². The average molecular weight is 765 g/mol. The lowest BCUT2D eigenvalue weighted by Crippen LogP contribution is -2.60. The summed E-state index contributed by atoms with van der Waals surface area (Å²) in [7, 11) is -5.06. The first-order valence-corrected chi connectivity index (χ1v) is 21.5. The van der Waals surface area contributed by atoms with E-state index in [1.54, 1.807) is 0 Å². The van der Waals surface area contributed by atoms with Crippen LogP contribution in [0, 0.1) is 0 Å². The topological polar surface area (TPSA) is 178 Å². The third kappa shape index (κ3) is 25.6. The zero-order valence-electron chi connectivity index (χ0n) is 32.1. The maximum absolute atomic E-state index is 12.8. The van der Waals surface area contributed by atoms with Crippen molar-refractivity contribution in [2.45, 2.75) is 192 Å². The van der Waals surface area contributed by atoms with E-state index in [-0.39, 0.29) is 19.6 Å². The maximum Gasteiger partial charge on any atom is 0.397 e. The smallest absolute Gasteiger partial charge is 0.397 e. The zero-order valence-corrected chi connectivity index (χ0v) is 32.9. The molecule has 13 heteroatoms. The molecule has 0 amide bonds. The molecule has 1 aliphatic rings. The number of hydrogen-bond donors (Lipinski definition) is 4. The molecule has 1 saturated heterocycles. The van der Waals surface area contributed by atoms with E-state index in [4.69, 9.17) is 23.5 Å². The van der Waals surface area contributed by atoms with Crippen LogP contribution in [0.15, 0.2) is 24.3 Å². The van der Waals surface area contributed by atoms with Gasteiger partial charge in [-0.2, -0.15) is 8.42 Å². The minimum absolute atomic E-state index is 0.0299. The first kappa shape index (κ1) is 48.6. The van der Waals surface area contributed by atoms with E-state index in [9.17, 15) is 28.5 Å². The summed E-state index contributed by atoms with van der Waals surface area (Å²) in [6.07, 6.45) is 23.6. The van der Waals surface area contributed by atoms with E-state index in [1.165, 1.54) is 64.2 Å². The Bertz CT molecular complexity index is 1020. The molecule has 52 heavy (non-hydrogen) atoms. The second kappa shape index (κ2) is 31.9. The Hall–Kier alpha value is -1.42. The molecule has 4 N–H and O–H groups in total. The highest BCUT2D eigenvalue weighted by Gasteiger charge is 2.48. The van der Waals surface area contributed by atoms with Crippen molar-refractivity contribution in [1.82, 2.24) is 0 Å². The SMILES string of the molecule is CCCCC/C=C\CCCCCCCCOCC(COC1OC(CO)C(O)C(OS(=O)(=O)O)C1O)OC(=O)CCCCCCC/C=C\CCCCC.